The fourth-order valence-electron chi connectivity index (χ4n) is 3.75. The number of pyridine rings is 1. The van der Waals surface area contributed by atoms with Gasteiger partial charge < -0.3 is 19.9 Å². The molecule has 1 atom stereocenters. The van der Waals surface area contributed by atoms with Crippen molar-refractivity contribution in [3.05, 3.63) is 59.3 Å². The summed E-state index contributed by atoms with van der Waals surface area (Å²) in [5, 5.41) is 3.49. The van der Waals surface area contributed by atoms with E-state index < -0.39 is 0 Å². The van der Waals surface area contributed by atoms with Crippen LogP contribution in [0.1, 0.15) is 36.6 Å². The summed E-state index contributed by atoms with van der Waals surface area (Å²) in [7, 11) is 1.84. The van der Waals surface area contributed by atoms with Crippen molar-refractivity contribution in [1.29, 1.82) is 0 Å². The van der Waals surface area contributed by atoms with E-state index in [0.717, 1.165) is 43.5 Å². The molecule has 1 aliphatic heterocycles. The second-order valence-corrected chi connectivity index (χ2v) is 7.26. The first-order chi connectivity index (χ1) is 14.2. The molecular weight excluding hydrogens is 362 g/mol. The number of rotatable bonds is 6. The highest BCUT2D eigenvalue weighted by Gasteiger charge is 2.25. The minimum absolute atomic E-state index is 0.0681. The Morgan fingerprint density at radius 1 is 1.24 bits per heavy atom. The summed E-state index contributed by atoms with van der Waals surface area (Å²) >= 11 is 0. The number of hydrogen-bond acceptors (Lipinski definition) is 4. The van der Waals surface area contributed by atoms with Crippen molar-refractivity contribution in [3.8, 4) is 0 Å². The molecule has 0 spiro atoms. The molecular formula is C23H33N5O. The Balaban J connectivity index is 1.61. The van der Waals surface area contributed by atoms with Crippen LogP contribution in [0, 0.1) is 6.92 Å². The van der Waals surface area contributed by atoms with E-state index in [0.29, 0.717) is 13.2 Å². The fraction of sp³-hybridized carbons (Fsp3) is 0.478. The lowest BCUT2D eigenvalue weighted by atomic mass is 10.0. The van der Waals surface area contributed by atoms with E-state index in [1.54, 1.807) is 0 Å². The van der Waals surface area contributed by atoms with Gasteiger partial charge in [0, 0.05) is 39.4 Å². The minimum atomic E-state index is 0.0681. The third-order valence-electron chi connectivity index (χ3n) is 5.46. The lowest BCUT2D eigenvalue weighted by Gasteiger charge is -2.35. The molecule has 0 radical (unpaired) electrons. The molecule has 0 saturated carbocycles. The van der Waals surface area contributed by atoms with Crippen LogP contribution < -0.4 is 10.2 Å². The molecule has 2 aromatic rings. The summed E-state index contributed by atoms with van der Waals surface area (Å²) in [4.78, 5) is 13.6. The van der Waals surface area contributed by atoms with Gasteiger partial charge in [0.1, 0.15) is 11.9 Å². The number of benzene rings is 1. The van der Waals surface area contributed by atoms with Crippen LogP contribution >= 0.6 is 0 Å². The molecule has 1 fully saturated rings. The van der Waals surface area contributed by atoms with Crippen LogP contribution in [0.15, 0.2) is 47.6 Å². The molecule has 6 nitrogen and oxygen atoms in total. The lowest BCUT2D eigenvalue weighted by Crippen LogP contribution is -2.48. The topological polar surface area (TPSA) is 53.0 Å². The molecule has 1 saturated heterocycles. The first-order valence-corrected chi connectivity index (χ1v) is 10.5. The standard InChI is InChI=1S/C23H33N5O/c1-5-27(6-2)22-12-11-19(15-25-22)16-26-23(24-4)28-13-14-29-21(17-28)20-10-8-7-9-18(20)3/h7-12,15,21H,5-6,13-14,16-17H2,1-4H3,(H,24,26). The summed E-state index contributed by atoms with van der Waals surface area (Å²) in [5.41, 5.74) is 3.66. The van der Waals surface area contributed by atoms with Crippen LogP contribution in [0.2, 0.25) is 0 Å². The van der Waals surface area contributed by atoms with Crippen LogP contribution in [0.4, 0.5) is 5.82 Å². The predicted molar refractivity (Wildman–Crippen MR) is 119 cm³/mol. The number of hydrogen-bond donors (Lipinski definition) is 1. The quantitative estimate of drug-likeness (QED) is 0.600. The van der Waals surface area contributed by atoms with Gasteiger partial charge in [-0.3, -0.25) is 4.99 Å². The van der Waals surface area contributed by atoms with E-state index in [4.69, 9.17) is 4.74 Å². The maximum atomic E-state index is 6.05. The average Bonchev–Trinajstić information content (AvgIpc) is 2.76. The Labute approximate surface area is 174 Å². The SMILES string of the molecule is CCN(CC)c1ccc(CNC(=NC)N2CCOC(c3ccccc3C)C2)cn1. The van der Waals surface area contributed by atoms with Crippen LogP contribution in [-0.2, 0) is 11.3 Å². The number of nitrogens with zero attached hydrogens (tertiary/aromatic N) is 4. The second-order valence-electron chi connectivity index (χ2n) is 7.26. The van der Waals surface area contributed by atoms with Gasteiger partial charge in [0.2, 0.25) is 0 Å². The highest BCUT2D eigenvalue weighted by Crippen LogP contribution is 2.25. The number of anilines is 1. The third kappa shape index (κ3) is 5.26. The monoisotopic (exact) mass is 395 g/mol. The number of aliphatic imine (C=N–C) groups is 1. The van der Waals surface area contributed by atoms with Crippen LogP contribution in [0.25, 0.3) is 0 Å². The molecule has 29 heavy (non-hydrogen) atoms. The Kier molecular flexibility index (Phi) is 7.47. The summed E-state index contributed by atoms with van der Waals surface area (Å²) in [6, 6.07) is 12.7. The van der Waals surface area contributed by atoms with Crippen LogP contribution in [0.5, 0.6) is 0 Å². The summed E-state index contributed by atoms with van der Waals surface area (Å²) < 4.78 is 6.05. The van der Waals surface area contributed by atoms with Gasteiger partial charge in [0.25, 0.3) is 0 Å². The molecule has 1 N–H and O–H groups in total. The zero-order valence-corrected chi connectivity index (χ0v) is 18.1. The van der Waals surface area contributed by atoms with Gasteiger partial charge in [-0.05, 0) is 43.5 Å². The minimum Gasteiger partial charge on any atom is -0.370 e. The maximum absolute atomic E-state index is 6.05. The van der Waals surface area contributed by atoms with Crippen molar-refractivity contribution in [2.24, 2.45) is 4.99 Å². The molecule has 1 unspecified atom stereocenters. The number of morpholine rings is 1. The van der Waals surface area contributed by atoms with Crippen molar-refractivity contribution < 1.29 is 4.74 Å². The molecule has 0 bridgehead atoms. The van der Waals surface area contributed by atoms with Crippen LogP contribution in [-0.4, -0.2) is 55.7 Å². The summed E-state index contributed by atoms with van der Waals surface area (Å²) in [6.45, 7) is 11.4. The number of nitrogens with one attached hydrogen (secondary N) is 1. The third-order valence-corrected chi connectivity index (χ3v) is 5.46. The molecule has 1 aromatic carbocycles. The van der Waals surface area contributed by atoms with Gasteiger partial charge >= 0.3 is 0 Å². The van der Waals surface area contributed by atoms with Gasteiger partial charge in [-0.2, -0.15) is 0 Å². The van der Waals surface area contributed by atoms with Crippen molar-refractivity contribution in [2.75, 3.05) is 44.7 Å². The molecule has 1 aliphatic rings. The highest BCUT2D eigenvalue weighted by atomic mass is 16.5. The maximum Gasteiger partial charge on any atom is 0.194 e. The molecule has 0 aliphatic carbocycles. The van der Waals surface area contributed by atoms with Gasteiger partial charge in [0.05, 0.1) is 13.2 Å². The van der Waals surface area contributed by atoms with Crippen LogP contribution in [0.3, 0.4) is 0 Å². The second kappa shape index (κ2) is 10.3. The first-order valence-electron chi connectivity index (χ1n) is 10.5. The van der Waals surface area contributed by atoms with Crippen molar-refractivity contribution in [1.82, 2.24) is 15.2 Å². The smallest absolute Gasteiger partial charge is 0.194 e. The number of aromatic nitrogens is 1. The number of aryl methyl sites for hydroxylation is 1. The zero-order chi connectivity index (χ0) is 20.6. The van der Waals surface area contributed by atoms with Crippen molar-refractivity contribution >= 4 is 11.8 Å². The van der Waals surface area contributed by atoms with E-state index in [1.165, 1.54) is 11.1 Å². The van der Waals surface area contributed by atoms with Gasteiger partial charge in [-0.25, -0.2) is 4.98 Å². The van der Waals surface area contributed by atoms with E-state index in [1.807, 2.05) is 13.2 Å². The largest absolute Gasteiger partial charge is 0.370 e. The Hall–Kier alpha value is -2.60. The molecule has 0 amide bonds. The highest BCUT2D eigenvalue weighted by molar-refractivity contribution is 5.80. The summed E-state index contributed by atoms with van der Waals surface area (Å²) in [5.74, 6) is 1.93. The fourth-order valence-corrected chi connectivity index (χ4v) is 3.75. The molecule has 156 valence electrons. The van der Waals surface area contributed by atoms with E-state index >= 15 is 0 Å². The zero-order valence-electron chi connectivity index (χ0n) is 18.1. The normalized spacial score (nSPS) is 17.3. The van der Waals surface area contributed by atoms with E-state index in [2.05, 4.69) is 82.3 Å². The Bertz CT molecular complexity index is 801. The number of guanidine groups is 1. The molecule has 3 rings (SSSR count). The Morgan fingerprint density at radius 3 is 2.69 bits per heavy atom. The van der Waals surface area contributed by atoms with Gasteiger partial charge in [0.15, 0.2) is 5.96 Å². The van der Waals surface area contributed by atoms with Gasteiger partial charge in [-0.15, -0.1) is 0 Å². The van der Waals surface area contributed by atoms with Crippen molar-refractivity contribution in [2.45, 2.75) is 33.4 Å². The first kappa shape index (κ1) is 21.1. The number of ether oxygens (including phenoxy) is 1. The summed E-state index contributed by atoms with van der Waals surface area (Å²) in [6.07, 6.45) is 2.02. The predicted octanol–water partition coefficient (Wildman–Crippen LogP) is 3.39. The molecule has 1 aromatic heterocycles. The average molecular weight is 396 g/mol. The van der Waals surface area contributed by atoms with Crippen molar-refractivity contribution in [3.63, 3.8) is 0 Å². The lowest BCUT2D eigenvalue weighted by molar-refractivity contribution is -0.00834. The Morgan fingerprint density at radius 2 is 2.03 bits per heavy atom. The van der Waals surface area contributed by atoms with E-state index in [-0.39, 0.29) is 6.10 Å². The van der Waals surface area contributed by atoms with E-state index in [9.17, 15) is 0 Å². The molecule has 2 heterocycles. The molecule has 6 heteroatoms. The van der Waals surface area contributed by atoms with Gasteiger partial charge in [-0.1, -0.05) is 30.3 Å².